The van der Waals surface area contributed by atoms with Crippen LogP contribution in [-0.4, -0.2) is 11.7 Å². The molecule has 8 heteroatoms. The van der Waals surface area contributed by atoms with E-state index in [0.29, 0.717) is 21.9 Å². The molecule has 0 unspecified atom stereocenters. The highest BCUT2D eigenvalue weighted by Crippen LogP contribution is 2.39. The Balaban J connectivity index is 1.96. The molecule has 0 aliphatic heterocycles. The normalized spacial score (nSPS) is 10.7. The lowest BCUT2D eigenvalue weighted by atomic mass is 10.2. The molecule has 134 valence electrons. The second-order valence-electron chi connectivity index (χ2n) is 5.60. The molecule has 1 aromatic heterocycles. The van der Waals surface area contributed by atoms with Crippen molar-refractivity contribution in [3.63, 3.8) is 0 Å². The Labute approximate surface area is 158 Å². The number of hydrogen-bond donors (Lipinski definition) is 3. The molecule has 0 bridgehead atoms. The van der Waals surface area contributed by atoms with Crippen molar-refractivity contribution in [3.05, 3.63) is 57.7 Å². The molecule has 4 N–H and O–H groups in total. The number of nitrogens with two attached hydrogens (primary N) is 1. The van der Waals surface area contributed by atoms with Gasteiger partial charge in [0, 0.05) is 6.92 Å². The van der Waals surface area contributed by atoms with E-state index >= 15 is 0 Å². The predicted octanol–water partition coefficient (Wildman–Crippen LogP) is 4.52. The summed E-state index contributed by atoms with van der Waals surface area (Å²) in [4.78, 5) is 12.2. The number of hydrogen-bond acceptors (Lipinski definition) is 4. The number of fused-ring (bicyclic) bond motifs is 1. The van der Waals surface area contributed by atoms with Crippen molar-refractivity contribution in [2.75, 3.05) is 5.32 Å². The fourth-order valence-electron chi connectivity index (χ4n) is 2.42. The summed E-state index contributed by atoms with van der Waals surface area (Å²) in [5, 5.41) is 11.2. The highest BCUT2D eigenvalue weighted by Gasteiger charge is 2.15. The Morgan fingerprint density at radius 1 is 1.35 bits per heavy atom. The third-order valence-corrected chi connectivity index (χ3v) is 5.08. The molecule has 0 aliphatic carbocycles. The zero-order valence-electron chi connectivity index (χ0n) is 13.7. The van der Waals surface area contributed by atoms with Crippen LogP contribution in [0, 0.1) is 11.2 Å². The van der Waals surface area contributed by atoms with Crippen molar-refractivity contribution < 1.29 is 13.9 Å². The van der Waals surface area contributed by atoms with Crippen LogP contribution in [0.2, 0.25) is 5.02 Å². The maximum absolute atomic E-state index is 13.3. The van der Waals surface area contributed by atoms with Gasteiger partial charge in [0.05, 0.1) is 14.6 Å². The van der Waals surface area contributed by atoms with Crippen molar-refractivity contribution in [1.29, 1.82) is 5.41 Å². The van der Waals surface area contributed by atoms with Crippen molar-refractivity contribution in [2.24, 2.45) is 5.73 Å². The molecule has 0 saturated heterocycles. The van der Waals surface area contributed by atoms with Crippen LogP contribution in [0.25, 0.3) is 10.1 Å². The molecule has 26 heavy (non-hydrogen) atoms. The van der Waals surface area contributed by atoms with E-state index in [-0.39, 0.29) is 23.4 Å². The van der Waals surface area contributed by atoms with Crippen LogP contribution in [0.5, 0.6) is 5.75 Å². The molecule has 1 amide bonds. The van der Waals surface area contributed by atoms with Crippen molar-refractivity contribution in [1.82, 2.24) is 0 Å². The molecule has 0 aliphatic rings. The average molecular weight is 392 g/mol. The Bertz CT molecular complexity index is 1020. The summed E-state index contributed by atoms with van der Waals surface area (Å²) in [5.41, 5.74) is 6.77. The van der Waals surface area contributed by atoms with E-state index in [0.717, 1.165) is 10.1 Å². The van der Waals surface area contributed by atoms with Crippen LogP contribution in [0.4, 0.5) is 10.1 Å². The minimum atomic E-state index is -0.494. The van der Waals surface area contributed by atoms with E-state index in [2.05, 4.69) is 5.32 Å². The van der Waals surface area contributed by atoms with E-state index in [1.54, 1.807) is 18.2 Å². The Hall–Kier alpha value is -2.64. The number of amidine groups is 1. The second-order valence-corrected chi connectivity index (χ2v) is 7.06. The highest BCUT2D eigenvalue weighted by atomic mass is 35.5. The van der Waals surface area contributed by atoms with Gasteiger partial charge in [0.1, 0.15) is 29.7 Å². The number of halogens is 2. The smallest absolute Gasteiger partial charge is 0.221 e. The molecular weight excluding hydrogens is 377 g/mol. The first-order chi connectivity index (χ1) is 12.3. The SMILES string of the molecule is CC(=O)Nc1c(OCc2ccc(F)c(Cl)c2)ccc2cc(C(=N)N)sc12. The summed E-state index contributed by atoms with van der Waals surface area (Å²) in [6.07, 6.45) is 0. The van der Waals surface area contributed by atoms with Gasteiger partial charge in [-0.3, -0.25) is 10.2 Å². The van der Waals surface area contributed by atoms with E-state index in [1.165, 1.54) is 30.4 Å². The van der Waals surface area contributed by atoms with Gasteiger partial charge < -0.3 is 15.8 Å². The van der Waals surface area contributed by atoms with Crippen LogP contribution < -0.4 is 15.8 Å². The second kappa shape index (κ2) is 7.31. The molecule has 0 radical (unpaired) electrons. The Kier molecular flexibility index (Phi) is 5.11. The molecule has 3 rings (SSSR count). The van der Waals surface area contributed by atoms with Gasteiger partial charge in [-0.15, -0.1) is 11.3 Å². The van der Waals surface area contributed by atoms with Gasteiger partial charge in [-0.2, -0.15) is 0 Å². The Morgan fingerprint density at radius 2 is 2.12 bits per heavy atom. The first-order valence-electron chi connectivity index (χ1n) is 7.60. The molecule has 2 aromatic carbocycles. The van der Waals surface area contributed by atoms with Crippen LogP contribution in [-0.2, 0) is 11.4 Å². The third-order valence-electron chi connectivity index (χ3n) is 3.59. The number of carbonyl (C=O) groups excluding carboxylic acids is 1. The van der Waals surface area contributed by atoms with Crippen molar-refractivity contribution >= 4 is 50.5 Å². The molecule has 0 fully saturated rings. The van der Waals surface area contributed by atoms with E-state index in [9.17, 15) is 9.18 Å². The molecular formula is C18H15ClFN3O2S. The van der Waals surface area contributed by atoms with Gasteiger partial charge in [0.15, 0.2) is 0 Å². The van der Waals surface area contributed by atoms with Gasteiger partial charge in [0.25, 0.3) is 0 Å². The summed E-state index contributed by atoms with van der Waals surface area (Å²) in [5.74, 6) is -0.315. The van der Waals surface area contributed by atoms with Crippen molar-refractivity contribution in [3.8, 4) is 5.75 Å². The largest absolute Gasteiger partial charge is 0.487 e. The lowest BCUT2D eigenvalue weighted by Gasteiger charge is -2.13. The molecule has 0 spiro atoms. The first-order valence-corrected chi connectivity index (χ1v) is 8.80. The third kappa shape index (κ3) is 3.79. The van der Waals surface area contributed by atoms with Gasteiger partial charge in [-0.05, 0) is 41.3 Å². The fourth-order valence-corrected chi connectivity index (χ4v) is 3.64. The predicted molar refractivity (Wildman–Crippen MR) is 103 cm³/mol. The summed E-state index contributed by atoms with van der Waals surface area (Å²) in [6.45, 7) is 1.56. The fraction of sp³-hybridized carbons (Fsp3) is 0.111. The molecule has 5 nitrogen and oxygen atoms in total. The molecule has 3 aromatic rings. The molecule has 0 saturated carbocycles. The maximum Gasteiger partial charge on any atom is 0.221 e. The number of amides is 1. The van der Waals surface area contributed by atoms with E-state index in [1.807, 2.05) is 6.07 Å². The topological polar surface area (TPSA) is 88.2 Å². The van der Waals surface area contributed by atoms with Crippen LogP contribution in [0.3, 0.4) is 0 Å². The summed E-state index contributed by atoms with van der Waals surface area (Å²) in [6, 6.07) is 9.70. The summed E-state index contributed by atoms with van der Waals surface area (Å²) >= 11 is 7.09. The van der Waals surface area contributed by atoms with E-state index < -0.39 is 5.82 Å². The van der Waals surface area contributed by atoms with Crippen molar-refractivity contribution in [2.45, 2.75) is 13.5 Å². The number of benzene rings is 2. The van der Waals surface area contributed by atoms with Gasteiger partial charge in [-0.1, -0.05) is 17.7 Å². The number of rotatable bonds is 5. The summed E-state index contributed by atoms with van der Waals surface area (Å²) < 4.78 is 19.9. The zero-order chi connectivity index (χ0) is 18.8. The number of carbonyl (C=O) groups is 1. The monoisotopic (exact) mass is 391 g/mol. The standard InChI is InChI=1S/C18H15ClFN3O2S/c1-9(24)23-16-14(25-8-10-2-4-13(20)12(19)6-10)5-3-11-7-15(18(21)22)26-17(11)16/h2-7H,8H2,1H3,(H3,21,22)(H,23,24). The average Bonchev–Trinajstić information content (AvgIpc) is 3.02. The number of nitrogens with one attached hydrogen (secondary N) is 2. The quantitative estimate of drug-likeness (QED) is 0.441. The van der Waals surface area contributed by atoms with Crippen LogP contribution >= 0.6 is 22.9 Å². The lowest BCUT2D eigenvalue weighted by Crippen LogP contribution is -2.08. The summed E-state index contributed by atoms with van der Waals surface area (Å²) in [7, 11) is 0. The zero-order valence-corrected chi connectivity index (χ0v) is 15.3. The molecule has 0 atom stereocenters. The first kappa shape index (κ1) is 18.2. The van der Waals surface area contributed by atoms with E-state index in [4.69, 9.17) is 27.5 Å². The highest BCUT2D eigenvalue weighted by molar-refractivity contribution is 7.21. The van der Waals surface area contributed by atoms with Crippen LogP contribution in [0.1, 0.15) is 17.4 Å². The lowest BCUT2D eigenvalue weighted by molar-refractivity contribution is -0.114. The molecule has 1 heterocycles. The number of anilines is 1. The van der Waals surface area contributed by atoms with Gasteiger partial charge in [0.2, 0.25) is 5.91 Å². The maximum atomic E-state index is 13.3. The number of thiophene rings is 1. The van der Waals surface area contributed by atoms with Gasteiger partial charge >= 0.3 is 0 Å². The minimum Gasteiger partial charge on any atom is -0.487 e. The minimum absolute atomic E-state index is 0.0213. The Morgan fingerprint density at radius 3 is 2.77 bits per heavy atom. The van der Waals surface area contributed by atoms with Gasteiger partial charge in [-0.25, -0.2) is 4.39 Å². The number of nitrogen functional groups attached to an aromatic ring is 1. The van der Waals surface area contributed by atoms with Crippen LogP contribution in [0.15, 0.2) is 36.4 Å². The number of ether oxygens (including phenoxy) is 1.